The van der Waals surface area contributed by atoms with Gasteiger partial charge in [-0.05, 0) is 25.0 Å². The van der Waals surface area contributed by atoms with Crippen molar-refractivity contribution in [3.8, 4) is 0 Å². The highest BCUT2D eigenvalue weighted by Gasteiger charge is 2.33. The summed E-state index contributed by atoms with van der Waals surface area (Å²) in [6, 6.07) is 4.28. The molecule has 25 heavy (non-hydrogen) atoms. The monoisotopic (exact) mass is 369 g/mol. The maximum atomic E-state index is 12.5. The van der Waals surface area contributed by atoms with Crippen LogP contribution in [0.2, 0.25) is 0 Å². The molecule has 138 valence electrons. The molecule has 2 rings (SSSR count). The van der Waals surface area contributed by atoms with E-state index in [0.29, 0.717) is 26.0 Å². The van der Waals surface area contributed by atoms with Gasteiger partial charge < -0.3 is 15.0 Å². The smallest absolute Gasteiger partial charge is 0.272 e. The van der Waals surface area contributed by atoms with Crippen molar-refractivity contribution in [3.63, 3.8) is 0 Å². The van der Waals surface area contributed by atoms with Crippen LogP contribution in [0.5, 0.6) is 0 Å². The van der Waals surface area contributed by atoms with E-state index in [1.54, 1.807) is 20.2 Å². The predicted molar refractivity (Wildman–Crippen MR) is 92.2 cm³/mol. The third-order valence-electron chi connectivity index (χ3n) is 4.09. The number of nitrogens with one attached hydrogen (secondary N) is 1. The van der Waals surface area contributed by atoms with Crippen molar-refractivity contribution in [1.29, 1.82) is 0 Å². The van der Waals surface area contributed by atoms with Crippen LogP contribution in [0.3, 0.4) is 0 Å². The fraction of sp³-hybridized carbons (Fsp3) is 0.562. The average molecular weight is 369 g/mol. The number of methoxy groups -OCH3 is 1. The molecule has 1 N–H and O–H groups in total. The number of rotatable bonds is 7. The number of amides is 2. The summed E-state index contributed by atoms with van der Waals surface area (Å²) in [5, 5.41) is 2.71. The molecule has 9 heteroatoms. The van der Waals surface area contributed by atoms with E-state index in [0.717, 1.165) is 0 Å². The lowest BCUT2D eigenvalue weighted by molar-refractivity contribution is 0.0741. The number of pyridine rings is 1. The van der Waals surface area contributed by atoms with Crippen LogP contribution in [-0.4, -0.2) is 75.0 Å². The molecule has 1 aromatic heterocycles. The zero-order valence-electron chi connectivity index (χ0n) is 14.4. The summed E-state index contributed by atoms with van der Waals surface area (Å²) in [6.07, 6.45) is 1.10. The lowest BCUT2D eigenvalue weighted by Crippen LogP contribution is -2.38. The summed E-state index contributed by atoms with van der Waals surface area (Å²) in [4.78, 5) is 30.1. The third-order valence-corrected chi connectivity index (χ3v) is 5.84. The average Bonchev–Trinajstić information content (AvgIpc) is 2.97. The van der Waals surface area contributed by atoms with Gasteiger partial charge in [-0.3, -0.25) is 9.59 Å². The predicted octanol–water partition coefficient (Wildman–Crippen LogP) is 0.107. The van der Waals surface area contributed by atoms with Crippen LogP contribution in [0.25, 0.3) is 0 Å². The second-order valence-corrected chi connectivity index (χ2v) is 8.21. The molecular weight excluding hydrogens is 346 g/mol. The third kappa shape index (κ3) is 5.23. The Kier molecular flexibility index (Phi) is 6.49. The standard InChI is InChI=1S/C16H23N3O5S/c1-19(12-7-10-25(22,23)11-12)16(21)14-6-3-5-13(18-14)15(20)17-8-4-9-24-2/h3,5-6,12H,4,7-11H2,1-2H3,(H,17,20). The van der Waals surface area contributed by atoms with Crippen LogP contribution >= 0.6 is 0 Å². The number of aromatic nitrogens is 1. The number of nitrogens with zero attached hydrogens (tertiary/aromatic N) is 2. The Morgan fingerprint density at radius 3 is 2.72 bits per heavy atom. The number of hydrogen-bond acceptors (Lipinski definition) is 6. The number of hydrogen-bond donors (Lipinski definition) is 1. The molecule has 1 atom stereocenters. The summed E-state index contributed by atoms with van der Waals surface area (Å²) in [5.74, 6) is -0.699. The van der Waals surface area contributed by atoms with Gasteiger partial charge in [0.05, 0.1) is 11.5 Å². The van der Waals surface area contributed by atoms with Gasteiger partial charge in [-0.15, -0.1) is 0 Å². The van der Waals surface area contributed by atoms with Gasteiger partial charge in [-0.2, -0.15) is 0 Å². The Morgan fingerprint density at radius 1 is 1.36 bits per heavy atom. The summed E-state index contributed by atoms with van der Waals surface area (Å²) < 4.78 is 28.1. The van der Waals surface area contributed by atoms with E-state index in [9.17, 15) is 18.0 Å². The molecule has 1 aliphatic heterocycles. The first-order chi connectivity index (χ1) is 11.8. The summed E-state index contributed by atoms with van der Waals surface area (Å²) in [7, 11) is 0.0688. The second-order valence-electron chi connectivity index (χ2n) is 5.98. The molecule has 0 radical (unpaired) electrons. The van der Waals surface area contributed by atoms with Crippen LogP contribution in [0.1, 0.15) is 33.8 Å². The molecule has 1 aromatic rings. The molecule has 2 amide bonds. The molecule has 1 saturated heterocycles. The van der Waals surface area contributed by atoms with Crippen molar-refractivity contribution < 1.29 is 22.7 Å². The van der Waals surface area contributed by atoms with Crippen LogP contribution in [-0.2, 0) is 14.6 Å². The Balaban J connectivity index is 2.02. The van der Waals surface area contributed by atoms with E-state index in [1.165, 1.54) is 17.0 Å². The minimum atomic E-state index is -3.08. The SMILES string of the molecule is COCCCNC(=O)c1cccc(C(=O)N(C)C2CCS(=O)(=O)C2)n1. The molecular formula is C16H23N3O5S. The highest BCUT2D eigenvalue weighted by atomic mass is 32.2. The molecule has 0 aliphatic carbocycles. The largest absolute Gasteiger partial charge is 0.385 e. The molecule has 1 aliphatic rings. The first kappa shape index (κ1) is 19.3. The second kappa shape index (κ2) is 8.39. The van der Waals surface area contributed by atoms with Crippen molar-refractivity contribution in [2.24, 2.45) is 0 Å². The maximum absolute atomic E-state index is 12.5. The van der Waals surface area contributed by atoms with Crippen LogP contribution in [0.4, 0.5) is 0 Å². The van der Waals surface area contributed by atoms with Gasteiger partial charge in [0.1, 0.15) is 11.4 Å². The van der Waals surface area contributed by atoms with Gasteiger partial charge in [-0.25, -0.2) is 13.4 Å². The molecule has 0 aromatic carbocycles. The molecule has 2 heterocycles. The minimum Gasteiger partial charge on any atom is -0.385 e. The Labute approximate surface area is 147 Å². The summed E-state index contributed by atoms with van der Waals surface area (Å²) >= 11 is 0. The highest BCUT2D eigenvalue weighted by Crippen LogP contribution is 2.18. The van der Waals surface area contributed by atoms with Gasteiger partial charge in [0.2, 0.25) is 0 Å². The molecule has 8 nitrogen and oxygen atoms in total. The Morgan fingerprint density at radius 2 is 2.08 bits per heavy atom. The molecule has 0 saturated carbocycles. The molecule has 1 fully saturated rings. The zero-order valence-corrected chi connectivity index (χ0v) is 15.2. The lowest BCUT2D eigenvalue weighted by Gasteiger charge is -2.23. The van der Waals surface area contributed by atoms with E-state index in [4.69, 9.17) is 4.74 Å². The van der Waals surface area contributed by atoms with Crippen LogP contribution in [0.15, 0.2) is 18.2 Å². The first-order valence-corrected chi connectivity index (χ1v) is 9.88. The van der Waals surface area contributed by atoms with Crippen molar-refractivity contribution >= 4 is 21.7 Å². The van der Waals surface area contributed by atoms with E-state index in [-0.39, 0.29) is 34.8 Å². The fourth-order valence-electron chi connectivity index (χ4n) is 2.62. The van der Waals surface area contributed by atoms with Crippen molar-refractivity contribution in [2.45, 2.75) is 18.9 Å². The van der Waals surface area contributed by atoms with E-state index < -0.39 is 15.7 Å². The van der Waals surface area contributed by atoms with Gasteiger partial charge in [0.15, 0.2) is 9.84 Å². The lowest BCUT2D eigenvalue weighted by atomic mass is 10.2. The van der Waals surface area contributed by atoms with Gasteiger partial charge in [-0.1, -0.05) is 6.07 Å². The maximum Gasteiger partial charge on any atom is 0.272 e. The van der Waals surface area contributed by atoms with E-state index in [1.807, 2.05) is 0 Å². The van der Waals surface area contributed by atoms with Crippen LogP contribution < -0.4 is 5.32 Å². The number of carbonyl (C=O) groups excluding carboxylic acids is 2. The normalized spacial score (nSPS) is 18.7. The topological polar surface area (TPSA) is 106 Å². The summed E-state index contributed by atoms with van der Waals surface area (Å²) in [6.45, 7) is 0.994. The number of ether oxygens (including phenoxy) is 1. The minimum absolute atomic E-state index is 0.0328. The first-order valence-electron chi connectivity index (χ1n) is 8.06. The Hall–Kier alpha value is -2.00. The van der Waals surface area contributed by atoms with Gasteiger partial charge in [0.25, 0.3) is 11.8 Å². The molecule has 0 spiro atoms. The van der Waals surface area contributed by atoms with Crippen molar-refractivity contribution in [1.82, 2.24) is 15.2 Å². The van der Waals surface area contributed by atoms with Crippen molar-refractivity contribution in [3.05, 3.63) is 29.6 Å². The molecule has 1 unspecified atom stereocenters. The zero-order chi connectivity index (χ0) is 18.4. The fourth-order valence-corrected chi connectivity index (χ4v) is 4.39. The van der Waals surface area contributed by atoms with Crippen LogP contribution in [0, 0.1) is 0 Å². The quantitative estimate of drug-likeness (QED) is 0.684. The van der Waals surface area contributed by atoms with E-state index >= 15 is 0 Å². The summed E-state index contributed by atoms with van der Waals surface area (Å²) in [5.41, 5.74) is 0.270. The number of sulfone groups is 1. The van der Waals surface area contributed by atoms with Gasteiger partial charge >= 0.3 is 0 Å². The van der Waals surface area contributed by atoms with Gasteiger partial charge in [0, 0.05) is 33.4 Å². The highest BCUT2D eigenvalue weighted by molar-refractivity contribution is 7.91. The number of carbonyl (C=O) groups is 2. The molecule has 0 bridgehead atoms. The van der Waals surface area contributed by atoms with E-state index in [2.05, 4.69) is 10.3 Å². The van der Waals surface area contributed by atoms with Crippen molar-refractivity contribution in [2.75, 3.05) is 38.8 Å². The Bertz CT molecular complexity index is 735.